The van der Waals surface area contributed by atoms with Crippen LogP contribution in [0.4, 0.5) is 11.5 Å². The van der Waals surface area contributed by atoms with Gasteiger partial charge in [0.2, 0.25) is 0 Å². The number of hydrogen-bond donors (Lipinski definition) is 2. The van der Waals surface area contributed by atoms with Crippen molar-refractivity contribution in [3.8, 4) is 0 Å². The van der Waals surface area contributed by atoms with Gasteiger partial charge in [-0.25, -0.2) is 4.98 Å². The number of aryl methyl sites for hydroxylation is 1. The molecule has 0 aliphatic carbocycles. The molecule has 2 aromatic rings. The molecule has 0 aliphatic rings. The highest BCUT2D eigenvalue weighted by Crippen LogP contribution is 2.32. The minimum Gasteiger partial charge on any atom is -0.389 e. The Balaban J connectivity index is 2.45. The molecule has 0 bridgehead atoms. The second kappa shape index (κ2) is 5.86. The second-order valence-electron chi connectivity index (χ2n) is 3.94. The molecule has 3 N–H and O–H groups in total. The zero-order chi connectivity index (χ0) is 14.0. The van der Waals surface area contributed by atoms with E-state index in [1.54, 1.807) is 6.07 Å². The van der Waals surface area contributed by atoms with E-state index in [-0.39, 0.29) is 0 Å². The first-order valence-electron chi connectivity index (χ1n) is 5.47. The summed E-state index contributed by atoms with van der Waals surface area (Å²) in [6.07, 6.45) is 0. The number of benzene rings is 1. The number of nitrogens with one attached hydrogen (secondary N) is 1. The van der Waals surface area contributed by atoms with E-state index in [4.69, 9.17) is 29.6 Å². The summed E-state index contributed by atoms with van der Waals surface area (Å²) in [5.74, 6) is 0.621. The van der Waals surface area contributed by atoms with Gasteiger partial charge in [-0.1, -0.05) is 29.9 Å². The molecule has 98 valence electrons. The van der Waals surface area contributed by atoms with Crippen molar-refractivity contribution in [1.29, 1.82) is 0 Å². The number of nitrogens with zero attached hydrogens (tertiary/aromatic N) is 1. The van der Waals surface area contributed by atoms with Crippen LogP contribution in [-0.2, 0) is 0 Å². The van der Waals surface area contributed by atoms with E-state index in [0.29, 0.717) is 21.4 Å². The molecule has 0 atom stereocenters. The zero-order valence-electron chi connectivity index (χ0n) is 10.1. The third-order valence-electron chi connectivity index (χ3n) is 2.50. The number of pyridine rings is 1. The fourth-order valence-corrected chi connectivity index (χ4v) is 2.28. The van der Waals surface area contributed by atoms with Crippen LogP contribution in [0.1, 0.15) is 11.3 Å². The largest absolute Gasteiger partial charge is 0.389 e. The lowest BCUT2D eigenvalue weighted by atomic mass is 10.2. The molecular weight excluding hydrogens is 346 g/mol. The number of aromatic nitrogens is 1. The number of nitrogens with two attached hydrogens (primary N) is 1. The van der Waals surface area contributed by atoms with Gasteiger partial charge in [0, 0.05) is 5.69 Å². The third-order valence-corrected chi connectivity index (χ3v) is 4.12. The number of anilines is 2. The highest BCUT2D eigenvalue weighted by atomic mass is 79.9. The SMILES string of the molecule is Cc1ccc(C(N)=S)c(Nc2cccc(Cl)c2Br)n1. The molecule has 2 rings (SSSR count). The highest BCUT2D eigenvalue weighted by molar-refractivity contribution is 9.10. The summed E-state index contributed by atoms with van der Waals surface area (Å²) in [5.41, 5.74) is 8.09. The molecule has 0 unspecified atom stereocenters. The monoisotopic (exact) mass is 355 g/mol. The molecule has 0 saturated heterocycles. The van der Waals surface area contributed by atoms with Gasteiger partial charge in [-0.3, -0.25) is 0 Å². The first-order valence-corrected chi connectivity index (χ1v) is 7.05. The van der Waals surface area contributed by atoms with Gasteiger partial charge in [-0.05, 0) is 47.1 Å². The van der Waals surface area contributed by atoms with Crippen LogP contribution in [0, 0.1) is 6.92 Å². The van der Waals surface area contributed by atoms with Gasteiger partial charge >= 0.3 is 0 Å². The Kier molecular flexibility index (Phi) is 4.39. The first-order chi connectivity index (χ1) is 8.99. The summed E-state index contributed by atoms with van der Waals surface area (Å²) in [6.45, 7) is 1.90. The normalized spacial score (nSPS) is 10.3. The van der Waals surface area contributed by atoms with Crippen molar-refractivity contribution in [2.24, 2.45) is 5.73 Å². The fourth-order valence-electron chi connectivity index (χ4n) is 1.58. The van der Waals surface area contributed by atoms with Crippen molar-refractivity contribution in [2.75, 3.05) is 5.32 Å². The van der Waals surface area contributed by atoms with Gasteiger partial charge in [0.25, 0.3) is 0 Å². The topological polar surface area (TPSA) is 50.9 Å². The molecule has 1 aromatic carbocycles. The van der Waals surface area contributed by atoms with E-state index in [1.807, 2.05) is 31.2 Å². The maximum atomic E-state index is 6.06. The van der Waals surface area contributed by atoms with E-state index in [9.17, 15) is 0 Å². The summed E-state index contributed by atoms with van der Waals surface area (Å²) in [4.78, 5) is 4.72. The maximum absolute atomic E-state index is 6.06. The molecule has 19 heavy (non-hydrogen) atoms. The van der Waals surface area contributed by atoms with Gasteiger partial charge in [-0.15, -0.1) is 0 Å². The van der Waals surface area contributed by atoms with Crippen molar-refractivity contribution in [2.45, 2.75) is 6.92 Å². The van der Waals surface area contributed by atoms with E-state index >= 15 is 0 Å². The molecule has 0 spiro atoms. The van der Waals surface area contributed by atoms with Gasteiger partial charge in [0.15, 0.2) is 0 Å². The van der Waals surface area contributed by atoms with Crippen LogP contribution >= 0.6 is 39.7 Å². The van der Waals surface area contributed by atoms with Crippen LogP contribution in [-0.4, -0.2) is 9.97 Å². The quantitative estimate of drug-likeness (QED) is 0.810. The van der Waals surface area contributed by atoms with Gasteiger partial charge in [0.05, 0.1) is 20.7 Å². The lowest BCUT2D eigenvalue weighted by Gasteiger charge is -2.12. The van der Waals surface area contributed by atoms with E-state index in [2.05, 4.69) is 26.2 Å². The number of halogens is 2. The Hall–Kier alpha value is -1.17. The standard InChI is InChI=1S/C13H11BrClN3S/c1-7-5-6-8(12(16)19)13(17-7)18-10-4-2-3-9(15)11(10)14/h2-6H,1H3,(H2,16,19)(H,17,18). The number of rotatable bonds is 3. The molecule has 6 heteroatoms. The number of hydrogen-bond acceptors (Lipinski definition) is 3. The van der Waals surface area contributed by atoms with Crippen molar-refractivity contribution in [3.63, 3.8) is 0 Å². The average molecular weight is 357 g/mol. The van der Waals surface area contributed by atoms with Gasteiger partial charge < -0.3 is 11.1 Å². The van der Waals surface area contributed by atoms with Crippen LogP contribution < -0.4 is 11.1 Å². The van der Waals surface area contributed by atoms with E-state index in [1.165, 1.54) is 0 Å². The summed E-state index contributed by atoms with van der Waals surface area (Å²) in [6, 6.07) is 9.27. The van der Waals surface area contributed by atoms with Crippen LogP contribution in [0.3, 0.4) is 0 Å². The van der Waals surface area contributed by atoms with Crippen LogP contribution in [0.25, 0.3) is 0 Å². The smallest absolute Gasteiger partial charge is 0.140 e. The van der Waals surface area contributed by atoms with Crippen molar-refractivity contribution in [3.05, 3.63) is 51.1 Å². The molecule has 1 heterocycles. The molecule has 0 radical (unpaired) electrons. The van der Waals surface area contributed by atoms with Crippen molar-refractivity contribution in [1.82, 2.24) is 4.98 Å². The molecule has 0 aliphatic heterocycles. The summed E-state index contributed by atoms with van der Waals surface area (Å²) in [5, 5.41) is 3.81. The van der Waals surface area contributed by atoms with Gasteiger partial charge in [-0.2, -0.15) is 0 Å². The predicted octanol–water partition coefficient (Wildman–Crippen LogP) is 4.18. The fraction of sp³-hybridized carbons (Fsp3) is 0.0769. The second-order valence-corrected chi connectivity index (χ2v) is 5.58. The summed E-state index contributed by atoms with van der Waals surface area (Å²) >= 11 is 14.5. The van der Waals surface area contributed by atoms with Gasteiger partial charge in [0.1, 0.15) is 10.8 Å². The van der Waals surface area contributed by atoms with Crippen molar-refractivity contribution < 1.29 is 0 Å². The Morgan fingerprint density at radius 3 is 2.79 bits per heavy atom. The van der Waals surface area contributed by atoms with Crippen LogP contribution in [0.2, 0.25) is 5.02 Å². The van der Waals surface area contributed by atoms with E-state index in [0.717, 1.165) is 15.9 Å². The Morgan fingerprint density at radius 1 is 1.37 bits per heavy atom. The van der Waals surface area contributed by atoms with Crippen LogP contribution in [0.15, 0.2) is 34.8 Å². The maximum Gasteiger partial charge on any atom is 0.140 e. The molecule has 1 aromatic heterocycles. The Morgan fingerprint density at radius 2 is 2.11 bits per heavy atom. The highest BCUT2D eigenvalue weighted by Gasteiger charge is 2.10. The lowest BCUT2D eigenvalue weighted by molar-refractivity contribution is 1.19. The van der Waals surface area contributed by atoms with E-state index < -0.39 is 0 Å². The Labute approximate surface area is 130 Å². The minimum absolute atomic E-state index is 0.299. The average Bonchev–Trinajstić information content (AvgIpc) is 2.35. The minimum atomic E-state index is 0.299. The summed E-state index contributed by atoms with van der Waals surface area (Å²) < 4.78 is 0.772. The molecule has 0 fully saturated rings. The zero-order valence-corrected chi connectivity index (χ0v) is 13.2. The molecule has 0 saturated carbocycles. The Bertz CT molecular complexity index is 646. The number of thiocarbonyl (C=S) groups is 1. The first kappa shape index (κ1) is 14.2. The summed E-state index contributed by atoms with van der Waals surface area (Å²) in [7, 11) is 0. The van der Waals surface area contributed by atoms with Crippen molar-refractivity contribution >= 4 is 56.2 Å². The third kappa shape index (κ3) is 3.23. The van der Waals surface area contributed by atoms with Crippen LogP contribution in [0.5, 0.6) is 0 Å². The molecule has 3 nitrogen and oxygen atoms in total. The predicted molar refractivity (Wildman–Crippen MR) is 87.3 cm³/mol. The lowest BCUT2D eigenvalue weighted by Crippen LogP contribution is -2.13. The molecule has 0 amide bonds. The molecular formula is C13H11BrClN3S.